The molecule has 0 spiro atoms. The molecule has 1 aromatic rings. The smallest absolute Gasteiger partial charge is 0.244 e. The lowest BCUT2D eigenvalue weighted by molar-refractivity contribution is 0.331. The maximum atomic E-state index is 12.7. The van der Waals surface area contributed by atoms with Gasteiger partial charge >= 0.3 is 0 Å². The van der Waals surface area contributed by atoms with Crippen molar-refractivity contribution in [2.24, 2.45) is 0 Å². The Morgan fingerprint density at radius 3 is 2.62 bits per heavy atom. The molecule has 1 aromatic carbocycles. The average Bonchev–Trinajstić information content (AvgIpc) is 2.59. The van der Waals surface area contributed by atoms with Crippen molar-refractivity contribution in [1.82, 2.24) is 4.72 Å². The molecule has 0 saturated carbocycles. The van der Waals surface area contributed by atoms with Crippen LogP contribution in [-0.4, -0.2) is 42.3 Å². The molecule has 0 atom stereocenters. The summed E-state index contributed by atoms with van der Waals surface area (Å²) in [5.41, 5.74) is 0.363. The third-order valence-electron chi connectivity index (χ3n) is 4.23. The van der Waals surface area contributed by atoms with Crippen molar-refractivity contribution in [3.8, 4) is 5.75 Å². The Balaban J connectivity index is 2.36. The molecule has 1 heterocycles. The van der Waals surface area contributed by atoms with Gasteiger partial charge in [0.1, 0.15) is 10.6 Å². The number of sulfonamides is 2. The topological polar surface area (TPSA) is 92.8 Å². The lowest BCUT2D eigenvalue weighted by Gasteiger charge is -2.28. The summed E-state index contributed by atoms with van der Waals surface area (Å²) in [6.45, 7) is 4.84. The van der Waals surface area contributed by atoms with Crippen LogP contribution in [0.4, 0.5) is 5.69 Å². The van der Waals surface area contributed by atoms with E-state index in [-0.39, 0.29) is 16.4 Å². The highest BCUT2D eigenvalue weighted by molar-refractivity contribution is 7.92. The molecular weight excluding hydrogens is 376 g/mol. The summed E-state index contributed by atoms with van der Waals surface area (Å²) < 4.78 is 59.4. The first-order valence-electron chi connectivity index (χ1n) is 9.08. The van der Waals surface area contributed by atoms with Gasteiger partial charge in [-0.3, -0.25) is 4.31 Å². The Kier molecular flexibility index (Phi) is 7.31. The van der Waals surface area contributed by atoms with Gasteiger partial charge in [-0.15, -0.1) is 0 Å². The number of benzene rings is 1. The van der Waals surface area contributed by atoms with Gasteiger partial charge in [0, 0.05) is 13.1 Å². The van der Waals surface area contributed by atoms with Crippen molar-refractivity contribution in [2.45, 2.75) is 50.8 Å². The van der Waals surface area contributed by atoms with E-state index in [1.165, 1.54) is 16.4 Å². The lowest BCUT2D eigenvalue weighted by atomic mass is 10.2. The molecule has 1 aliphatic rings. The van der Waals surface area contributed by atoms with Gasteiger partial charge in [0.15, 0.2) is 0 Å². The predicted molar refractivity (Wildman–Crippen MR) is 103 cm³/mol. The molecule has 1 saturated heterocycles. The van der Waals surface area contributed by atoms with Crippen LogP contribution < -0.4 is 13.8 Å². The molecule has 0 radical (unpaired) electrons. The number of nitrogens with zero attached hydrogens (tertiary/aromatic N) is 1. The number of hydrogen-bond acceptors (Lipinski definition) is 5. The Morgan fingerprint density at radius 1 is 1.19 bits per heavy atom. The van der Waals surface area contributed by atoms with E-state index in [2.05, 4.69) is 4.72 Å². The molecule has 26 heavy (non-hydrogen) atoms. The SMILES string of the molecule is CCCCCNS(=O)(=O)c1cc(N2CCCCS2(=O)=O)ccc1OCC. The highest BCUT2D eigenvalue weighted by atomic mass is 32.2. The van der Waals surface area contributed by atoms with Crippen LogP contribution in [0.3, 0.4) is 0 Å². The zero-order chi connectivity index (χ0) is 19.2. The number of unbranched alkanes of at least 4 members (excludes halogenated alkanes) is 2. The molecule has 9 heteroatoms. The van der Waals surface area contributed by atoms with Crippen molar-refractivity contribution in [2.75, 3.05) is 29.8 Å². The minimum Gasteiger partial charge on any atom is -0.492 e. The van der Waals surface area contributed by atoms with E-state index in [0.717, 1.165) is 25.7 Å². The molecule has 0 amide bonds. The van der Waals surface area contributed by atoms with Gasteiger partial charge < -0.3 is 4.74 Å². The fourth-order valence-corrected chi connectivity index (χ4v) is 5.74. The summed E-state index contributed by atoms with van der Waals surface area (Å²) in [6.07, 6.45) is 4.06. The van der Waals surface area contributed by atoms with Crippen molar-refractivity contribution in [1.29, 1.82) is 0 Å². The van der Waals surface area contributed by atoms with E-state index in [9.17, 15) is 16.8 Å². The van der Waals surface area contributed by atoms with E-state index >= 15 is 0 Å². The van der Waals surface area contributed by atoms with Crippen LogP contribution in [-0.2, 0) is 20.0 Å². The van der Waals surface area contributed by atoms with Gasteiger partial charge in [-0.25, -0.2) is 21.6 Å². The maximum absolute atomic E-state index is 12.7. The number of rotatable bonds is 9. The van der Waals surface area contributed by atoms with Gasteiger partial charge in [0.2, 0.25) is 20.0 Å². The van der Waals surface area contributed by atoms with Crippen LogP contribution >= 0.6 is 0 Å². The summed E-state index contributed by atoms with van der Waals surface area (Å²) in [4.78, 5) is -0.0193. The van der Waals surface area contributed by atoms with Crippen LogP contribution in [0.2, 0.25) is 0 Å². The van der Waals surface area contributed by atoms with Crippen molar-refractivity contribution >= 4 is 25.7 Å². The van der Waals surface area contributed by atoms with Gasteiger partial charge in [-0.05, 0) is 44.4 Å². The fraction of sp³-hybridized carbons (Fsp3) is 0.647. The second-order valence-electron chi connectivity index (χ2n) is 6.26. The Bertz CT molecular complexity index is 806. The zero-order valence-electron chi connectivity index (χ0n) is 15.4. The Hall–Kier alpha value is -1.32. The fourth-order valence-electron chi connectivity index (χ4n) is 2.87. The molecule has 0 bridgehead atoms. The second-order valence-corrected chi connectivity index (χ2v) is 10.0. The summed E-state index contributed by atoms with van der Waals surface area (Å²) in [6, 6.07) is 4.53. The first-order valence-corrected chi connectivity index (χ1v) is 12.2. The maximum Gasteiger partial charge on any atom is 0.244 e. The minimum absolute atomic E-state index is 0.0193. The minimum atomic E-state index is -3.79. The number of hydrogen-bond donors (Lipinski definition) is 1. The van der Waals surface area contributed by atoms with Crippen LogP contribution in [0.25, 0.3) is 0 Å². The molecular formula is C17H28N2O5S2. The molecule has 0 unspecified atom stereocenters. The molecule has 7 nitrogen and oxygen atoms in total. The third kappa shape index (κ3) is 5.11. The summed E-state index contributed by atoms with van der Waals surface area (Å²) in [5, 5.41) is 0. The highest BCUT2D eigenvalue weighted by Crippen LogP contribution is 2.32. The normalized spacial score (nSPS) is 17.2. The van der Waals surface area contributed by atoms with Crippen molar-refractivity contribution in [3.63, 3.8) is 0 Å². The Labute approximate surface area is 156 Å². The van der Waals surface area contributed by atoms with Crippen LogP contribution in [0.15, 0.2) is 23.1 Å². The second kappa shape index (κ2) is 9.05. The van der Waals surface area contributed by atoms with Crippen molar-refractivity contribution < 1.29 is 21.6 Å². The molecule has 1 fully saturated rings. The third-order valence-corrected chi connectivity index (χ3v) is 7.58. The number of anilines is 1. The predicted octanol–water partition coefficient (Wildman–Crippen LogP) is 2.48. The first-order chi connectivity index (χ1) is 12.3. The standard InChI is InChI=1S/C17H28N2O5S2/c1-3-5-6-11-18-26(22,23)17-14-15(9-10-16(17)24-4-2)19-12-7-8-13-25(19,20)21/h9-10,14,18H,3-8,11-13H2,1-2H3. The number of ether oxygens (including phenoxy) is 1. The quantitative estimate of drug-likeness (QED) is 0.638. The van der Waals surface area contributed by atoms with Gasteiger partial charge in [0.05, 0.1) is 18.0 Å². The summed E-state index contributed by atoms with van der Waals surface area (Å²) in [7, 11) is -7.20. The average molecular weight is 405 g/mol. The highest BCUT2D eigenvalue weighted by Gasteiger charge is 2.28. The van der Waals surface area contributed by atoms with Crippen LogP contribution in [0, 0.1) is 0 Å². The van der Waals surface area contributed by atoms with E-state index in [0.29, 0.717) is 31.8 Å². The Morgan fingerprint density at radius 2 is 1.96 bits per heavy atom. The number of nitrogens with one attached hydrogen (secondary N) is 1. The van der Waals surface area contributed by atoms with Gasteiger partial charge in [-0.2, -0.15) is 0 Å². The van der Waals surface area contributed by atoms with Crippen LogP contribution in [0.1, 0.15) is 46.0 Å². The summed E-state index contributed by atoms with van der Waals surface area (Å²) in [5.74, 6) is 0.311. The largest absolute Gasteiger partial charge is 0.492 e. The van der Waals surface area contributed by atoms with Gasteiger partial charge in [-0.1, -0.05) is 19.8 Å². The van der Waals surface area contributed by atoms with Crippen LogP contribution in [0.5, 0.6) is 5.75 Å². The van der Waals surface area contributed by atoms with E-state index in [1.807, 2.05) is 6.92 Å². The van der Waals surface area contributed by atoms with Crippen molar-refractivity contribution in [3.05, 3.63) is 18.2 Å². The molecule has 0 aliphatic carbocycles. The summed E-state index contributed by atoms with van der Waals surface area (Å²) >= 11 is 0. The monoisotopic (exact) mass is 404 g/mol. The zero-order valence-corrected chi connectivity index (χ0v) is 17.0. The van der Waals surface area contributed by atoms with E-state index < -0.39 is 20.0 Å². The molecule has 1 N–H and O–H groups in total. The van der Waals surface area contributed by atoms with Gasteiger partial charge in [0.25, 0.3) is 0 Å². The molecule has 0 aromatic heterocycles. The van der Waals surface area contributed by atoms with E-state index in [1.54, 1.807) is 13.0 Å². The first kappa shape index (κ1) is 21.0. The molecule has 1 aliphatic heterocycles. The molecule has 2 rings (SSSR count). The lowest BCUT2D eigenvalue weighted by Crippen LogP contribution is -2.38. The molecule has 148 valence electrons. The van der Waals surface area contributed by atoms with E-state index in [4.69, 9.17) is 4.74 Å².